The van der Waals surface area contributed by atoms with Crippen LogP contribution in [0.25, 0.3) is 21.5 Å². The number of hydrogen-bond acceptors (Lipinski definition) is 0. The number of hydrogen-bond donors (Lipinski definition) is 0. The van der Waals surface area contributed by atoms with Crippen LogP contribution in [0.1, 0.15) is 18.1 Å². The molecule has 0 radical (unpaired) electrons. The third-order valence-electron chi connectivity index (χ3n) is 4.13. The Morgan fingerprint density at radius 2 is 1.81 bits per heavy atom. The van der Waals surface area contributed by atoms with E-state index in [-0.39, 0.29) is 0 Å². The number of fused-ring (bicyclic) bond motifs is 3. The summed E-state index contributed by atoms with van der Waals surface area (Å²) in [5.41, 5.74) is 3.95. The molecule has 3 aromatic carbocycles. The van der Waals surface area contributed by atoms with Gasteiger partial charge in [-0.3, -0.25) is 0 Å². The summed E-state index contributed by atoms with van der Waals surface area (Å²) in [6.07, 6.45) is 5.03. The first-order valence-corrected chi connectivity index (χ1v) is 7.41. The fourth-order valence-electron chi connectivity index (χ4n) is 2.95. The van der Waals surface area contributed by atoms with Crippen LogP contribution in [0.15, 0.2) is 72.8 Å². The summed E-state index contributed by atoms with van der Waals surface area (Å²) in [6.45, 7) is 8.14. The second-order valence-corrected chi connectivity index (χ2v) is 5.55. The van der Waals surface area contributed by atoms with Crippen LogP contribution in [-0.4, -0.2) is 0 Å². The molecule has 21 heavy (non-hydrogen) atoms. The molecule has 0 aliphatic heterocycles. The van der Waals surface area contributed by atoms with Crippen LogP contribution in [-0.2, 0) is 6.42 Å². The molecule has 0 fully saturated rings. The van der Waals surface area contributed by atoms with Crippen molar-refractivity contribution in [3.05, 3.63) is 84.0 Å². The van der Waals surface area contributed by atoms with E-state index in [0.717, 1.165) is 6.42 Å². The molecule has 0 nitrogen and oxygen atoms in total. The SMILES string of the molecule is C=CC(=CC)Cc1cc2ccccc2c2cc(C)ccc12. The van der Waals surface area contributed by atoms with E-state index in [1.807, 2.05) is 6.08 Å². The Balaban J connectivity index is 2.34. The minimum Gasteiger partial charge on any atom is -0.0988 e. The summed E-state index contributed by atoms with van der Waals surface area (Å²) < 4.78 is 0. The molecule has 0 aromatic heterocycles. The van der Waals surface area contributed by atoms with E-state index in [9.17, 15) is 0 Å². The summed E-state index contributed by atoms with van der Waals surface area (Å²) >= 11 is 0. The van der Waals surface area contributed by atoms with Gasteiger partial charge in [0.15, 0.2) is 0 Å². The summed E-state index contributed by atoms with van der Waals surface area (Å²) in [7, 11) is 0. The smallest absolute Gasteiger partial charge is 0.00229 e. The van der Waals surface area contributed by atoms with Gasteiger partial charge in [-0.1, -0.05) is 72.8 Å². The van der Waals surface area contributed by atoms with Crippen LogP contribution in [0, 0.1) is 6.92 Å². The average Bonchev–Trinajstić information content (AvgIpc) is 2.52. The van der Waals surface area contributed by atoms with Crippen molar-refractivity contribution in [1.82, 2.24) is 0 Å². The van der Waals surface area contributed by atoms with Gasteiger partial charge in [-0.25, -0.2) is 0 Å². The fraction of sp³-hybridized carbons (Fsp3) is 0.143. The normalized spacial score (nSPS) is 12.0. The summed E-state index contributed by atoms with van der Waals surface area (Å²) in [5.74, 6) is 0. The highest BCUT2D eigenvalue weighted by Gasteiger charge is 2.07. The molecule has 0 bridgehead atoms. The lowest BCUT2D eigenvalue weighted by Crippen LogP contribution is -1.91. The molecule has 0 unspecified atom stereocenters. The summed E-state index contributed by atoms with van der Waals surface area (Å²) in [4.78, 5) is 0. The van der Waals surface area contributed by atoms with E-state index in [2.05, 4.69) is 75.0 Å². The number of rotatable bonds is 3. The minimum absolute atomic E-state index is 0.935. The van der Waals surface area contributed by atoms with Gasteiger partial charge in [-0.05, 0) is 52.9 Å². The van der Waals surface area contributed by atoms with E-state index >= 15 is 0 Å². The molecule has 0 heterocycles. The molecule has 3 aromatic rings. The Morgan fingerprint density at radius 1 is 1.00 bits per heavy atom. The molecule has 0 saturated carbocycles. The molecule has 0 atom stereocenters. The molecule has 0 amide bonds. The number of allylic oxidation sites excluding steroid dienone is 3. The van der Waals surface area contributed by atoms with Crippen molar-refractivity contribution in [2.75, 3.05) is 0 Å². The highest BCUT2D eigenvalue weighted by molar-refractivity contribution is 6.09. The van der Waals surface area contributed by atoms with Gasteiger partial charge in [-0.2, -0.15) is 0 Å². The fourth-order valence-corrected chi connectivity index (χ4v) is 2.95. The predicted octanol–water partition coefficient (Wildman–Crippen LogP) is 5.98. The van der Waals surface area contributed by atoms with Crippen LogP contribution in [0.5, 0.6) is 0 Å². The molecule has 0 N–H and O–H groups in total. The lowest BCUT2D eigenvalue weighted by atomic mass is 9.92. The molecule has 0 aliphatic carbocycles. The van der Waals surface area contributed by atoms with Gasteiger partial charge in [-0.15, -0.1) is 0 Å². The van der Waals surface area contributed by atoms with Crippen LogP contribution >= 0.6 is 0 Å². The lowest BCUT2D eigenvalue weighted by molar-refractivity contribution is 1.21. The maximum Gasteiger partial charge on any atom is -0.00229 e. The quantitative estimate of drug-likeness (QED) is 0.406. The number of aryl methyl sites for hydroxylation is 1. The molecule has 104 valence electrons. The molecule has 0 heteroatoms. The Hall–Kier alpha value is -2.34. The van der Waals surface area contributed by atoms with Crippen LogP contribution in [0.3, 0.4) is 0 Å². The van der Waals surface area contributed by atoms with E-state index in [1.165, 1.54) is 38.2 Å². The van der Waals surface area contributed by atoms with Crippen LogP contribution < -0.4 is 0 Å². The van der Waals surface area contributed by atoms with E-state index in [0.29, 0.717) is 0 Å². The predicted molar refractivity (Wildman–Crippen MR) is 93.8 cm³/mol. The standard InChI is InChI=1S/C21H20/c1-4-16(5-2)13-18-14-17-8-6-7-9-19(17)21-12-15(3)10-11-20(18)21/h4-12,14H,1,13H2,2-3H3. The molecular formula is C21H20. The molecular weight excluding hydrogens is 252 g/mol. The Morgan fingerprint density at radius 3 is 2.57 bits per heavy atom. The third kappa shape index (κ3) is 2.50. The third-order valence-corrected chi connectivity index (χ3v) is 4.13. The molecule has 0 aliphatic rings. The first-order chi connectivity index (χ1) is 10.2. The zero-order chi connectivity index (χ0) is 14.8. The second-order valence-electron chi connectivity index (χ2n) is 5.55. The summed E-state index contributed by atoms with van der Waals surface area (Å²) in [6, 6.07) is 17.7. The summed E-state index contributed by atoms with van der Waals surface area (Å²) in [5, 5.41) is 5.34. The topological polar surface area (TPSA) is 0 Å². The maximum atomic E-state index is 3.92. The van der Waals surface area contributed by atoms with Crippen molar-refractivity contribution in [3.63, 3.8) is 0 Å². The first kappa shape index (κ1) is 13.6. The van der Waals surface area contributed by atoms with Gasteiger partial charge in [0.05, 0.1) is 0 Å². The van der Waals surface area contributed by atoms with Crippen molar-refractivity contribution in [1.29, 1.82) is 0 Å². The Bertz CT molecular complexity index is 850. The van der Waals surface area contributed by atoms with Crippen molar-refractivity contribution < 1.29 is 0 Å². The van der Waals surface area contributed by atoms with E-state index in [4.69, 9.17) is 0 Å². The van der Waals surface area contributed by atoms with Crippen LogP contribution in [0.2, 0.25) is 0 Å². The lowest BCUT2D eigenvalue weighted by Gasteiger charge is -2.12. The molecule has 3 rings (SSSR count). The van der Waals surface area contributed by atoms with Gasteiger partial charge in [0.2, 0.25) is 0 Å². The monoisotopic (exact) mass is 272 g/mol. The highest BCUT2D eigenvalue weighted by Crippen LogP contribution is 2.30. The second kappa shape index (κ2) is 5.57. The van der Waals surface area contributed by atoms with Crippen molar-refractivity contribution in [3.8, 4) is 0 Å². The Kier molecular flexibility index (Phi) is 3.62. The van der Waals surface area contributed by atoms with Crippen molar-refractivity contribution >= 4 is 21.5 Å². The zero-order valence-corrected chi connectivity index (χ0v) is 12.7. The van der Waals surface area contributed by atoms with Crippen molar-refractivity contribution in [2.45, 2.75) is 20.3 Å². The average molecular weight is 272 g/mol. The Labute approximate surface area is 126 Å². The van der Waals surface area contributed by atoms with Gasteiger partial charge in [0.1, 0.15) is 0 Å². The van der Waals surface area contributed by atoms with E-state index in [1.54, 1.807) is 0 Å². The zero-order valence-electron chi connectivity index (χ0n) is 12.7. The molecule has 0 spiro atoms. The van der Waals surface area contributed by atoms with Gasteiger partial charge in [0, 0.05) is 0 Å². The van der Waals surface area contributed by atoms with Gasteiger partial charge >= 0.3 is 0 Å². The highest BCUT2D eigenvalue weighted by atomic mass is 14.1. The van der Waals surface area contributed by atoms with Gasteiger partial charge in [0.25, 0.3) is 0 Å². The maximum absolute atomic E-state index is 3.92. The van der Waals surface area contributed by atoms with E-state index < -0.39 is 0 Å². The van der Waals surface area contributed by atoms with Crippen LogP contribution in [0.4, 0.5) is 0 Å². The first-order valence-electron chi connectivity index (χ1n) is 7.41. The molecule has 0 saturated heterocycles. The van der Waals surface area contributed by atoms with Gasteiger partial charge < -0.3 is 0 Å². The minimum atomic E-state index is 0.935. The largest absolute Gasteiger partial charge is 0.0988 e. The van der Waals surface area contributed by atoms with Crippen molar-refractivity contribution in [2.24, 2.45) is 0 Å². The number of benzene rings is 3.